The molecule has 2 atom stereocenters. The smallest absolute Gasteiger partial charge is 0.222 e. The number of primary amides is 1. The van der Waals surface area contributed by atoms with Crippen LogP contribution in [0.3, 0.4) is 0 Å². The fraction of sp³-hybridized carbons (Fsp3) is 0.462. The molecule has 0 bridgehead atoms. The number of rotatable bonds is 3. The van der Waals surface area contributed by atoms with Gasteiger partial charge in [0.15, 0.2) is 11.6 Å². The van der Waals surface area contributed by atoms with E-state index in [-0.39, 0.29) is 17.7 Å². The number of benzene rings is 1. The normalized spacial score (nSPS) is 23.7. The van der Waals surface area contributed by atoms with Gasteiger partial charge in [-0.2, -0.15) is 0 Å². The maximum Gasteiger partial charge on any atom is 0.222 e. The zero-order chi connectivity index (χ0) is 13.1. The predicted octanol–water partition coefficient (Wildman–Crippen LogP) is 1.36. The van der Waals surface area contributed by atoms with E-state index < -0.39 is 11.7 Å². The lowest BCUT2D eigenvalue weighted by molar-refractivity contribution is -0.123. The van der Waals surface area contributed by atoms with Crippen molar-refractivity contribution < 1.29 is 13.9 Å². The second-order valence-corrected chi connectivity index (χ2v) is 4.45. The van der Waals surface area contributed by atoms with Crippen molar-refractivity contribution in [2.45, 2.75) is 18.9 Å². The standard InChI is InChI=1S/C13H17FN2O2/c1-18-10-6-2-4-8(11(10)14)12-9(13(15)17)5-3-7-16-12/h2,4,6,9,12,16H,3,5,7H2,1H3,(H2,15,17). The average molecular weight is 252 g/mol. The number of hydrogen-bond acceptors (Lipinski definition) is 3. The number of nitrogens with two attached hydrogens (primary N) is 1. The number of ether oxygens (including phenoxy) is 1. The van der Waals surface area contributed by atoms with Crippen molar-refractivity contribution in [1.29, 1.82) is 0 Å². The van der Waals surface area contributed by atoms with Gasteiger partial charge in [0.1, 0.15) is 0 Å². The van der Waals surface area contributed by atoms with E-state index in [4.69, 9.17) is 10.5 Å². The first-order valence-electron chi connectivity index (χ1n) is 6.00. The molecule has 98 valence electrons. The second-order valence-electron chi connectivity index (χ2n) is 4.45. The molecule has 1 aliphatic heterocycles. The lowest BCUT2D eigenvalue weighted by Crippen LogP contribution is -2.41. The maximum atomic E-state index is 14.2. The SMILES string of the molecule is COc1cccc(C2NCCCC2C(N)=O)c1F. The summed E-state index contributed by atoms with van der Waals surface area (Å²) in [6, 6.07) is 4.56. The number of carbonyl (C=O) groups excluding carboxylic acids is 1. The summed E-state index contributed by atoms with van der Waals surface area (Å²) in [6.07, 6.45) is 1.55. The van der Waals surface area contributed by atoms with Gasteiger partial charge in [0.25, 0.3) is 0 Å². The highest BCUT2D eigenvalue weighted by atomic mass is 19.1. The van der Waals surface area contributed by atoms with Crippen LogP contribution in [0.1, 0.15) is 24.4 Å². The molecule has 0 spiro atoms. The highest BCUT2D eigenvalue weighted by molar-refractivity contribution is 5.77. The molecular formula is C13H17FN2O2. The monoisotopic (exact) mass is 252 g/mol. The highest BCUT2D eigenvalue weighted by Crippen LogP contribution is 2.33. The molecule has 1 heterocycles. The van der Waals surface area contributed by atoms with E-state index in [0.29, 0.717) is 12.0 Å². The highest BCUT2D eigenvalue weighted by Gasteiger charge is 2.32. The Balaban J connectivity index is 2.36. The Labute approximate surface area is 105 Å². The largest absolute Gasteiger partial charge is 0.494 e. The van der Waals surface area contributed by atoms with Gasteiger partial charge >= 0.3 is 0 Å². The van der Waals surface area contributed by atoms with Crippen molar-refractivity contribution in [3.8, 4) is 5.75 Å². The first kappa shape index (κ1) is 12.8. The van der Waals surface area contributed by atoms with Gasteiger partial charge in [-0.25, -0.2) is 4.39 Å². The van der Waals surface area contributed by atoms with Crippen LogP contribution in [-0.2, 0) is 4.79 Å². The summed E-state index contributed by atoms with van der Waals surface area (Å²) in [4.78, 5) is 11.4. The van der Waals surface area contributed by atoms with E-state index in [2.05, 4.69) is 5.32 Å². The predicted molar refractivity (Wildman–Crippen MR) is 65.6 cm³/mol. The fourth-order valence-corrected chi connectivity index (χ4v) is 2.45. The van der Waals surface area contributed by atoms with Crippen molar-refractivity contribution in [2.75, 3.05) is 13.7 Å². The van der Waals surface area contributed by atoms with E-state index in [1.54, 1.807) is 18.2 Å². The Morgan fingerprint density at radius 2 is 2.33 bits per heavy atom. The topological polar surface area (TPSA) is 64.3 Å². The van der Waals surface area contributed by atoms with Gasteiger partial charge in [-0.3, -0.25) is 4.79 Å². The first-order chi connectivity index (χ1) is 8.65. The molecule has 3 N–H and O–H groups in total. The molecule has 0 aliphatic carbocycles. The maximum absolute atomic E-state index is 14.2. The molecule has 18 heavy (non-hydrogen) atoms. The molecule has 1 aromatic carbocycles. The van der Waals surface area contributed by atoms with Crippen molar-refractivity contribution in [3.63, 3.8) is 0 Å². The molecule has 1 aliphatic rings. The van der Waals surface area contributed by atoms with Crippen LogP contribution < -0.4 is 15.8 Å². The number of halogens is 1. The fourth-order valence-electron chi connectivity index (χ4n) is 2.45. The van der Waals surface area contributed by atoms with E-state index in [1.807, 2.05) is 0 Å². The minimum absolute atomic E-state index is 0.183. The number of hydrogen-bond donors (Lipinski definition) is 2. The van der Waals surface area contributed by atoms with E-state index in [0.717, 1.165) is 13.0 Å². The number of carbonyl (C=O) groups is 1. The van der Waals surface area contributed by atoms with Crippen LogP contribution in [-0.4, -0.2) is 19.6 Å². The minimum atomic E-state index is -0.425. The number of methoxy groups -OCH3 is 1. The zero-order valence-corrected chi connectivity index (χ0v) is 10.3. The van der Waals surface area contributed by atoms with Gasteiger partial charge in [-0.15, -0.1) is 0 Å². The van der Waals surface area contributed by atoms with Crippen molar-refractivity contribution in [2.24, 2.45) is 11.7 Å². The summed E-state index contributed by atoms with van der Waals surface area (Å²) in [5.41, 5.74) is 5.83. The van der Waals surface area contributed by atoms with Crippen LogP contribution in [0.4, 0.5) is 4.39 Å². The molecule has 0 radical (unpaired) electrons. The van der Waals surface area contributed by atoms with Crippen molar-refractivity contribution in [1.82, 2.24) is 5.32 Å². The summed E-state index contributed by atoms with van der Waals surface area (Å²) in [5.74, 6) is -1.01. The molecule has 4 nitrogen and oxygen atoms in total. The minimum Gasteiger partial charge on any atom is -0.494 e. The number of nitrogens with one attached hydrogen (secondary N) is 1. The molecule has 1 amide bonds. The molecule has 5 heteroatoms. The molecule has 0 aromatic heterocycles. The summed E-state index contributed by atoms with van der Waals surface area (Å²) in [5, 5.41) is 3.16. The Morgan fingerprint density at radius 3 is 3.00 bits per heavy atom. The molecular weight excluding hydrogens is 235 g/mol. The van der Waals surface area contributed by atoms with Gasteiger partial charge in [0.2, 0.25) is 5.91 Å². The number of piperidine rings is 1. The molecule has 1 saturated heterocycles. The van der Waals surface area contributed by atoms with Crippen LogP contribution in [0.25, 0.3) is 0 Å². The van der Waals surface area contributed by atoms with Crippen LogP contribution in [0.15, 0.2) is 18.2 Å². The van der Waals surface area contributed by atoms with Gasteiger partial charge in [0, 0.05) is 11.6 Å². The Morgan fingerprint density at radius 1 is 1.56 bits per heavy atom. The van der Waals surface area contributed by atoms with E-state index in [1.165, 1.54) is 7.11 Å². The van der Waals surface area contributed by atoms with Gasteiger partial charge < -0.3 is 15.8 Å². The van der Waals surface area contributed by atoms with Crippen LogP contribution in [0, 0.1) is 11.7 Å². The zero-order valence-electron chi connectivity index (χ0n) is 10.3. The second kappa shape index (κ2) is 5.35. The molecule has 1 aromatic rings. The molecule has 1 fully saturated rings. The third-order valence-corrected chi connectivity index (χ3v) is 3.37. The van der Waals surface area contributed by atoms with E-state index >= 15 is 0 Å². The summed E-state index contributed by atoms with van der Waals surface area (Å²) >= 11 is 0. The third-order valence-electron chi connectivity index (χ3n) is 3.37. The first-order valence-corrected chi connectivity index (χ1v) is 6.00. The lowest BCUT2D eigenvalue weighted by Gasteiger charge is -2.31. The molecule has 0 saturated carbocycles. The quantitative estimate of drug-likeness (QED) is 0.853. The van der Waals surface area contributed by atoms with Crippen LogP contribution in [0.2, 0.25) is 0 Å². The third kappa shape index (κ3) is 2.31. The lowest BCUT2D eigenvalue weighted by atomic mass is 9.85. The van der Waals surface area contributed by atoms with Gasteiger partial charge in [0.05, 0.1) is 13.0 Å². The Hall–Kier alpha value is -1.62. The summed E-state index contributed by atoms with van der Waals surface area (Å²) in [7, 11) is 1.42. The molecule has 2 rings (SSSR count). The van der Waals surface area contributed by atoms with Crippen LogP contribution in [0.5, 0.6) is 5.75 Å². The van der Waals surface area contributed by atoms with E-state index in [9.17, 15) is 9.18 Å². The Bertz CT molecular complexity index is 451. The number of amides is 1. The Kier molecular flexibility index (Phi) is 3.81. The summed E-state index contributed by atoms with van der Waals surface area (Å²) in [6.45, 7) is 0.755. The summed E-state index contributed by atoms with van der Waals surface area (Å²) < 4.78 is 19.1. The van der Waals surface area contributed by atoms with Crippen LogP contribution >= 0.6 is 0 Å². The van der Waals surface area contributed by atoms with Gasteiger partial charge in [-0.1, -0.05) is 12.1 Å². The van der Waals surface area contributed by atoms with Crippen molar-refractivity contribution >= 4 is 5.91 Å². The van der Waals surface area contributed by atoms with Crippen molar-refractivity contribution in [3.05, 3.63) is 29.6 Å². The molecule has 2 unspecified atom stereocenters. The average Bonchev–Trinajstić information content (AvgIpc) is 2.39. The van der Waals surface area contributed by atoms with Gasteiger partial charge in [-0.05, 0) is 25.5 Å².